The first kappa shape index (κ1) is 13.6. The summed E-state index contributed by atoms with van der Waals surface area (Å²) in [5, 5.41) is 6.10. The van der Waals surface area contributed by atoms with Gasteiger partial charge in [0, 0.05) is 11.6 Å². The molecule has 2 aromatic heterocycles. The van der Waals surface area contributed by atoms with Crippen molar-refractivity contribution in [3.05, 3.63) is 53.5 Å². The quantitative estimate of drug-likeness (QED) is 0.781. The molecule has 0 atom stereocenters. The standard InChI is InChI=1S/C16H15N3OS/c1-11-7-8-17-13(9-11)14-10-21-16(19-14)18-12-5-3-4-6-15(12)20-2/h3-10H,1-2H3,(H,18,19). The maximum absolute atomic E-state index is 5.33. The minimum atomic E-state index is 0.794. The molecule has 3 rings (SSSR count). The lowest BCUT2D eigenvalue weighted by Crippen LogP contribution is -1.94. The Hall–Kier alpha value is -2.40. The van der Waals surface area contributed by atoms with Crippen molar-refractivity contribution in [3.8, 4) is 17.1 Å². The van der Waals surface area contributed by atoms with Crippen LogP contribution in [0.3, 0.4) is 0 Å². The van der Waals surface area contributed by atoms with Gasteiger partial charge in [0.15, 0.2) is 5.13 Å². The first-order valence-corrected chi connectivity index (χ1v) is 7.43. The van der Waals surface area contributed by atoms with Crippen molar-refractivity contribution in [1.82, 2.24) is 9.97 Å². The zero-order valence-corrected chi connectivity index (χ0v) is 12.6. The van der Waals surface area contributed by atoms with Gasteiger partial charge in [-0.25, -0.2) is 4.98 Å². The van der Waals surface area contributed by atoms with E-state index in [1.807, 2.05) is 48.7 Å². The van der Waals surface area contributed by atoms with E-state index in [4.69, 9.17) is 4.74 Å². The van der Waals surface area contributed by atoms with E-state index >= 15 is 0 Å². The van der Waals surface area contributed by atoms with E-state index in [1.165, 1.54) is 5.56 Å². The highest BCUT2D eigenvalue weighted by atomic mass is 32.1. The fourth-order valence-electron chi connectivity index (χ4n) is 1.99. The summed E-state index contributed by atoms with van der Waals surface area (Å²) in [6, 6.07) is 11.8. The summed E-state index contributed by atoms with van der Waals surface area (Å²) in [6.45, 7) is 2.05. The van der Waals surface area contributed by atoms with Crippen molar-refractivity contribution in [3.63, 3.8) is 0 Å². The molecular weight excluding hydrogens is 282 g/mol. The predicted molar refractivity (Wildman–Crippen MR) is 86.4 cm³/mol. The highest BCUT2D eigenvalue weighted by Gasteiger charge is 2.08. The van der Waals surface area contributed by atoms with E-state index in [0.717, 1.165) is 28.0 Å². The van der Waals surface area contributed by atoms with Gasteiger partial charge in [0.05, 0.1) is 18.5 Å². The summed E-state index contributed by atoms with van der Waals surface area (Å²) in [6.07, 6.45) is 1.80. The highest BCUT2D eigenvalue weighted by Crippen LogP contribution is 2.30. The van der Waals surface area contributed by atoms with Gasteiger partial charge in [0.1, 0.15) is 11.4 Å². The summed E-state index contributed by atoms with van der Waals surface area (Å²) < 4.78 is 5.33. The number of para-hydroxylation sites is 2. The monoisotopic (exact) mass is 297 g/mol. The van der Waals surface area contributed by atoms with Gasteiger partial charge in [-0.05, 0) is 36.8 Å². The third-order valence-electron chi connectivity index (χ3n) is 3.03. The van der Waals surface area contributed by atoms with Gasteiger partial charge in [-0.3, -0.25) is 4.98 Å². The van der Waals surface area contributed by atoms with Gasteiger partial charge in [-0.1, -0.05) is 12.1 Å². The molecule has 2 heterocycles. The van der Waals surface area contributed by atoms with Gasteiger partial charge in [0.25, 0.3) is 0 Å². The molecule has 5 heteroatoms. The molecule has 0 aliphatic carbocycles. The molecule has 1 N–H and O–H groups in total. The van der Waals surface area contributed by atoms with Crippen molar-refractivity contribution >= 4 is 22.2 Å². The third kappa shape index (κ3) is 3.03. The molecule has 0 unspecified atom stereocenters. The lowest BCUT2D eigenvalue weighted by atomic mass is 10.2. The number of thiazole rings is 1. The van der Waals surface area contributed by atoms with E-state index in [9.17, 15) is 0 Å². The zero-order valence-electron chi connectivity index (χ0n) is 11.8. The topological polar surface area (TPSA) is 47.0 Å². The van der Waals surface area contributed by atoms with Crippen LogP contribution in [0.15, 0.2) is 48.0 Å². The Morgan fingerprint density at radius 2 is 2.00 bits per heavy atom. The second kappa shape index (κ2) is 5.93. The molecule has 21 heavy (non-hydrogen) atoms. The SMILES string of the molecule is COc1ccccc1Nc1nc(-c2cc(C)ccn2)cs1. The number of hydrogen-bond acceptors (Lipinski definition) is 5. The van der Waals surface area contributed by atoms with Crippen LogP contribution in [0.1, 0.15) is 5.56 Å². The fourth-order valence-corrected chi connectivity index (χ4v) is 2.70. The number of hydrogen-bond donors (Lipinski definition) is 1. The number of ether oxygens (including phenoxy) is 1. The molecule has 0 aliphatic rings. The lowest BCUT2D eigenvalue weighted by Gasteiger charge is -2.07. The maximum atomic E-state index is 5.33. The molecular formula is C16H15N3OS. The van der Waals surface area contributed by atoms with Crippen LogP contribution in [0.4, 0.5) is 10.8 Å². The Morgan fingerprint density at radius 3 is 2.81 bits per heavy atom. The number of aromatic nitrogens is 2. The van der Waals surface area contributed by atoms with Crippen LogP contribution in [0.25, 0.3) is 11.4 Å². The zero-order chi connectivity index (χ0) is 14.7. The molecule has 0 amide bonds. The molecule has 0 bridgehead atoms. The van der Waals surface area contributed by atoms with Crippen molar-refractivity contribution in [1.29, 1.82) is 0 Å². The van der Waals surface area contributed by atoms with Crippen LogP contribution >= 0.6 is 11.3 Å². The Labute approximate surface area is 127 Å². The molecule has 0 fully saturated rings. The second-order valence-electron chi connectivity index (χ2n) is 4.58. The number of nitrogens with one attached hydrogen (secondary N) is 1. The Morgan fingerprint density at radius 1 is 1.14 bits per heavy atom. The van der Waals surface area contributed by atoms with Crippen LogP contribution in [-0.2, 0) is 0 Å². The van der Waals surface area contributed by atoms with Gasteiger partial charge in [0.2, 0.25) is 0 Å². The molecule has 3 aromatic rings. The molecule has 1 aromatic carbocycles. The van der Waals surface area contributed by atoms with Crippen LogP contribution in [0.2, 0.25) is 0 Å². The first-order valence-electron chi connectivity index (χ1n) is 6.55. The Balaban J connectivity index is 1.85. The van der Waals surface area contributed by atoms with Crippen molar-refractivity contribution in [2.24, 2.45) is 0 Å². The van der Waals surface area contributed by atoms with Crippen LogP contribution < -0.4 is 10.1 Å². The molecule has 0 aliphatic heterocycles. The van der Waals surface area contributed by atoms with E-state index in [-0.39, 0.29) is 0 Å². The summed E-state index contributed by atoms with van der Waals surface area (Å²) in [4.78, 5) is 8.94. The highest BCUT2D eigenvalue weighted by molar-refractivity contribution is 7.14. The predicted octanol–water partition coefficient (Wildman–Crippen LogP) is 4.27. The molecule has 0 saturated heterocycles. The third-order valence-corrected chi connectivity index (χ3v) is 3.79. The number of aryl methyl sites for hydroxylation is 1. The summed E-state index contributed by atoms with van der Waals surface area (Å²) in [5.74, 6) is 0.794. The number of anilines is 2. The van der Waals surface area contributed by atoms with E-state index in [1.54, 1.807) is 24.6 Å². The average molecular weight is 297 g/mol. The van der Waals surface area contributed by atoms with E-state index < -0.39 is 0 Å². The Bertz CT molecular complexity index is 755. The minimum absolute atomic E-state index is 0.794. The lowest BCUT2D eigenvalue weighted by molar-refractivity contribution is 0.417. The van der Waals surface area contributed by atoms with Crippen LogP contribution in [0, 0.1) is 6.92 Å². The van der Waals surface area contributed by atoms with Crippen molar-refractivity contribution < 1.29 is 4.74 Å². The number of pyridine rings is 1. The average Bonchev–Trinajstić information content (AvgIpc) is 2.96. The van der Waals surface area contributed by atoms with Gasteiger partial charge in [-0.2, -0.15) is 0 Å². The number of benzene rings is 1. The molecule has 4 nitrogen and oxygen atoms in total. The fraction of sp³-hybridized carbons (Fsp3) is 0.125. The van der Waals surface area contributed by atoms with Gasteiger partial charge in [-0.15, -0.1) is 11.3 Å². The smallest absolute Gasteiger partial charge is 0.187 e. The molecule has 0 radical (unpaired) electrons. The number of methoxy groups -OCH3 is 1. The molecule has 0 spiro atoms. The summed E-state index contributed by atoms with van der Waals surface area (Å²) >= 11 is 1.55. The van der Waals surface area contributed by atoms with Crippen molar-refractivity contribution in [2.75, 3.05) is 12.4 Å². The van der Waals surface area contributed by atoms with E-state index in [0.29, 0.717) is 0 Å². The summed E-state index contributed by atoms with van der Waals surface area (Å²) in [5.41, 5.74) is 3.84. The number of rotatable bonds is 4. The largest absolute Gasteiger partial charge is 0.495 e. The second-order valence-corrected chi connectivity index (χ2v) is 5.44. The first-order chi connectivity index (χ1) is 10.3. The van der Waals surface area contributed by atoms with Crippen molar-refractivity contribution in [2.45, 2.75) is 6.92 Å². The maximum Gasteiger partial charge on any atom is 0.187 e. The van der Waals surface area contributed by atoms with Crippen LogP contribution in [-0.4, -0.2) is 17.1 Å². The normalized spacial score (nSPS) is 10.4. The Kier molecular flexibility index (Phi) is 3.83. The van der Waals surface area contributed by atoms with Crippen LogP contribution in [0.5, 0.6) is 5.75 Å². The molecule has 0 saturated carbocycles. The number of nitrogens with zero attached hydrogens (tertiary/aromatic N) is 2. The van der Waals surface area contributed by atoms with Gasteiger partial charge >= 0.3 is 0 Å². The van der Waals surface area contributed by atoms with E-state index in [2.05, 4.69) is 15.3 Å². The minimum Gasteiger partial charge on any atom is -0.495 e. The van der Waals surface area contributed by atoms with Gasteiger partial charge < -0.3 is 10.1 Å². The molecule has 106 valence electrons. The summed E-state index contributed by atoms with van der Waals surface area (Å²) in [7, 11) is 1.66.